The van der Waals surface area contributed by atoms with Crippen LogP contribution >= 0.6 is 0 Å². The fourth-order valence-corrected chi connectivity index (χ4v) is 1.94. The molecule has 0 aromatic carbocycles. The summed E-state index contributed by atoms with van der Waals surface area (Å²) < 4.78 is 10.5. The number of methoxy groups -OCH3 is 1. The van der Waals surface area contributed by atoms with Gasteiger partial charge in [-0.1, -0.05) is 12.1 Å². The molecule has 5 heteroatoms. The number of carbonyl (C=O) groups is 1. The maximum absolute atomic E-state index is 12.0. The van der Waals surface area contributed by atoms with Gasteiger partial charge in [-0.3, -0.25) is 4.90 Å². The highest BCUT2D eigenvalue weighted by Crippen LogP contribution is 2.25. The van der Waals surface area contributed by atoms with Gasteiger partial charge in [-0.2, -0.15) is 0 Å². The second-order valence-corrected chi connectivity index (χ2v) is 5.69. The summed E-state index contributed by atoms with van der Waals surface area (Å²) in [4.78, 5) is 17.9. The fourth-order valence-electron chi connectivity index (χ4n) is 1.94. The largest absolute Gasteiger partial charge is 0.481 e. The van der Waals surface area contributed by atoms with Crippen molar-refractivity contribution in [2.24, 2.45) is 0 Å². The summed E-state index contributed by atoms with van der Waals surface area (Å²) in [5.41, 5.74) is 0.392. The van der Waals surface area contributed by atoms with Crippen LogP contribution in [0.15, 0.2) is 30.5 Å². The average molecular weight is 276 g/mol. The van der Waals surface area contributed by atoms with E-state index < -0.39 is 5.60 Å². The van der Waals surface area contributed by atoms with E-state index in [1.807, 2.05) is 39.0 Å². The Morgan fingerprint density at radius 1 is 1.40 bits per heavy atom. The third-order valence-corrected chi connectivity index (χ3v) is 2.85. The molecule has 0 saturated carbocycles. The molecule has 1 aliphatic rings. The van der Waals surface area contributed by atoms with E-state index in [1.165, 1.54) is 0 Å². The molecule has 1 aromatic heterocycles. The molecule has 2 heterocycles. The molecule has 1 aliphatic heterocycles. The Kier molecular flexibility index (Phi) is 3.97. The number of carbonyl (C=O) groups excluding carboxylic acids is 1. The molecule has 1 unspecified atom stereocenters. The maximum Gasteiger partial charge on any atom is 0.414 e. The van der Waals surface area contributed by atoms with Crippen molar-refractivity contribution in [3.63, 3.8) is 0 Å². The second-order valence-electron chi connectivity index (χ2n) is 5.69. The van der Waals surface area contributed by atoms with Crippen LogP contribution in [0.25, 0.3) is 0 Å². The van der Waals surface area contributed by atoms with Crippen LogP contribution < -0.4 is 4.74 Å². The molecule has 0 N–H and O–H groups in total. The van der Waals surface area contributed by atoms with Gasteiger partial charge in [0.1, 0.15) is 5.60 Å². The van der Waals surface area contributed by atoms with Gasteiger partial charge >= 0.3 is 6.09 Å². The lowest BCUT2D eigenvalue weighted by molar-refractivity contribution is 0.0345. The van der Waals surface area contributed by atoms with Crippen molar-refractivity contribution >= 4 is 6.09 Å². The van der Waals surface area contributed by atoms with Crippen molar-refractivity contribution in [3.05, 3.63) is 36.2 Å². The molecule has 0 saturated heterocycles. The van der Waals surface area contributed by atoms with Crippen LogP contribution in [0.1, 0.15) is 32.4 Å². The Bertz CT molecular complexity index is 520. The van der Waals surface area contributed by atoms with Crippen LogP contribution in [0.4, 0.5) is 4.79 Å². The summed E-state index contributed by atoms with van der Waals surface area (Å²) in [7, 11) is 1.59. The smallest absolute Gasteiger partial charge is 0.414 e. The van der Waals surface area contributed by atoms with E-state index in [0.29, 0.717) is 12.4 Å². The number of hydrogen-bond donors (Lipinski definition) is 0. The van der Waals surface area contributed by atoms with Gasteiger partial charge in [-0.25, -0.2) is 9.78 Å². The van der Waals surface area contributed by atoms with Crippen LogP contribution in [0, 0.1) is 0 Å². The summed E-state index contributed by atoms with van der Waals surface area (Å²) >= 11 is 0. The molecule has 1 amide bonds. The van der Waals surface area contributed by atoms with Crippen molar-refractivity contribution in [1.29, 1.82) is 0 Å². The molecule has 2 rings (SSSR count). The van der Waals surface area contributed by atoms with Crippen LogP contribution in [-0.2, 0) is 4.74 Å². The first kappa shape index (κ1) is 14.4. The molecule has 0 radical (unpaired) electrons. The molecule has 0 aliphatic carbocycles. The lowest BCUT2D eigenvalue weighted by Crippen LogP contribution is -2.33. The normalized spacial score (nSPS) is 18.2. The Hall–Kier alpha value is -2.04. The Labute approximate surface area is 119 Å². The molecule has 1 atom stereocenters. The SMILES string of the molecule is COc1cccc(C2C=CN(C(=O)OC(C)(C)C)C2)n1. The number of hydrogen-bond acceptors (Lipinski definition) is 4. The highest BCUT2D eigenvalue weighted by Gasteiger charge is 2.27. The Morgan fingerprint density at radius 3 is 2.80 bits per heavy atom. The topological polar surface area (TPSA) is 51.7 Å². The molecule has 108 valence electrons. The minimum atomic E-state index is -0.489. The fraction of sp³-hybridized carbons (Fsp3) is 0.467. The zero-order valence-electron chi connectivity index (χ0n) is 12.3. The summed E-state index contributed by atoms with van der Waals surface area (Å²) in [6.07, 6.45) is 3.37. The van der Waals surface area contributed by atoms with Gasteiger partial charge in [0.15, 0.2) is 0 Å². The highest BCUT2D eigenvalue weighted by molar-refractivity contribution is 5.70. The number of aromatic nitrogens is 1. The first-order valence-corrected chi connectivity index (χ1v) is 6.58. The van der Waals surface area contributed by atoms with Gasteiger partial charge < -0.3 is 9.47 Å². The van der Waals surface area contributed by atoms with Crippen molar-refractivity contribution in [3.8, 4) is 5.88 Å². The van der Waals surface area contributed by atoms with E-state index in [2.05, 4.69) is 4.98 Å². The first-order valence-electron chi connectivity index (χ1n) is 6.58. The number of amides is 1. The lowest BCUT2D eigenvalue weighted by Gasteiger charge is -2.24. The van der Waals surface area contributed by atoms with Gasteiger partial charge in [0.05, 0.1) is 12.8 Å². The highest BCUT2D eigenvalue weighted by atomic mass is 16.6. The quantitative estimate of drug-likeness (QED) is 0.833. The van der Waals surface area contributed by atoms with E-state index in [0.717, 1.165) is 5.69 Å². The Morgan fingerprint density at radius 2 is 2.15 bits per heavy atom. The van der Waals surface area contributed by atoms with Crippen molar-refractivity contribution in [2.75, 3.05) is 13.7 Å². The number of pyridine rings is 1. The maximum atomic E-state index is 12.0. The van der Waals surface area contributed by atoms with Gasteiger partial charge in [-0.15, -0.1) is 0 Å². The molecular weight excluding hydrogens is 256 g/mol. The van der Waals surface area contributed by atoms with Crippen LogP contribution in [0.2, 0.25) is 0 Å². The number of rotatable bonds is 2. The standard InChI is InChI=1S/C15H20N2O3/c1-15(2,3)20-14(18)17-9-8-11(10-17)12-6-5-7-13(16-12)19-4/h5-9,11H,10H2,1-4H3. The molecule has 20 heavy (non-hydrogen) atoms. The van der Waals surface area contributed by atoms with Crippen molar-refractivity contribution < 1.29 is 14.3 Å². The predicted octanol–water partition coefficient (Wildman–Crippen LogP) is 2.94. The lowest BCUT2D eigenvalue weighted by atomic mass is 10.1. The zero-order valence-corrected chi connectivity index (χ0v) is 12.3. The van der Waals surface area contributed by atoms with E-state index in [-0.39, 0.29) is 12.0 Å². The van der Waals surface area contributed by atoms with Gasteiger partial charge in [0.25, 0.3) is 0 Å². The molecule has 1 aromatic rings. The van der Waals surface area contributed by atoms with Crippen LogP contribution in [0.5, 0.6) is 5.88 Å². The molecule has 0 bridgehead atoms. The zero-order chi connectivity index (χ0) is 14.8. The summed E-state index contributed by atoms with van der Waals surface area (Å²) in [5, 5.41) is 0. The number of ether oxygens (including phenoxy) is 2. The second kappa shape index (κ2) is 5.53. The van der Waals surface area contributed by atoms with Crippen molar-refractivity contribution in [2.45, 2.75) is 32.3 Å². The van der Waals surface area contributed by atoms with Gasteiger partial charge in [0, 0.05) is 24.7 Å². The molecule has 0 fully saturated rings. The summed E-state index contributed by atoms with van der Waals surface area (Å²) in [6, 6.07) is 5.62. The van der Waals surface area contributed by atoms with E-state index >= 15 is 0 Å². The Balaban J connectivity index is 2.02. The average Bonchev–Trinajstić information content (AvgIpc) is 2.86. The molecular formula is C15H20N2O3. The van der Waals surface area contributed by atoms with E-state index in [9.17, 15) is 4.79 Å². The minimum Gasteiger partial charge on any atom is -0.481 e. The monoisotopic (exact) mass is 276 g/mol. The molecule has 5 nitrogen and oxygen atoms in total. The predicted molar refractivity (Wildman–Crippen MR) is 75.6 cm³/mol. The first-order chi connectivity index (χ1) is 9.39. The minimum absolute atomic E-state index is 0.0672. The van der Waals surface area contributed by atoms with Crippen LogP contribution in [0.3, 0.4) is 0 Å². The summed E-state index contributed by atoms with van der Waals surface area (Å²) in [6.45, 7) is 6.10. The van der Waals surface area contributed by atoms with Crippen LogP contribution in [-0.4, -0.2) is 35.2 Å². The van der Waals surface area contributed by atoms with Crippen molar-refractivity contribution in [1.82, 2.24) is 9.88 Å². The van der Waals surface area contributed by atoms with E-state index in [4.69, 9.17) is 9.47 Å². The number of nitrogens with zero attached hydrogens (tertiary/aromatic N) is 2. The molecule has 0 spiro atoms. The van der Waals surface area contributed by atoms with Gasteiger partial charge in [0.2, 0.25) is 5.88 Å². The third kappa shape index (κ3) is 3.50. The van der Waals surface area contributed by atoms with E-state index in [1.54, 1.807) is 24.3 Å². The third-order valence-electron chi connectivity index (χ3n) is 2.85. The van der Waals surface area contributed by atoms with Gasteiger partial charge in [-0.05, 0) is 26.8 Å². The summed E-state index contributed by atoms with van der Waals surface area (Å²) in [5.74, 6) is 0.643.